The smallest absolute Gasteiger partial charge is 0.244 e. The monoisotopic (exact) mass is 478 g/mol. The number of hydrogen-bond donors (Lipinski definition) is 1. The second kappa shape index (κ2) is 8.23. The van der Waals surface area contributed by atoms with Crippen LogP contribution in [0.2, 0.25) is 0 Å². The Bertz CT molecular complexity index is 956. The molecule has 1 saturated carbocycles. The number of amides is 3. The van der Waals surface area contributed by atoms with Crippen molar-refractivity contribution in [2.45, 2.75) is 35.7 Å². The van der Waals surface area contributed by atoms with Crippen LogP contribution >= 0.6 is 27.7 Å². The number of carbonyl (C=O) groups is 3. The van der Waals surface area contributed by atoms with Crippen LogP contribution in [0, 0.1) is 11.8 Å². The fraction of sp³-hybridized carbons (Fsp3) is 0.444. The summed E-state index contributed by atoms with van der Waals surface area (Å²) in [5.74, 6) is -1.37. The lowest BCUT2D eigenvalue weighted by Gasteiger charge is -2.19. The van der Waals surface area contributed by atoms with E-state index < -0.39 is 5.91 Å². The van der Waals surface area contributed by atoms with E-state index in [1.54, 1.807) is 13.1 Å². The minimum absolute atomic E-state index is 0.219. The maximum atomic E-state index is 12.7. The average molecular weight is 479 g/mol. The Balaban J connectivity index is 1.48. The molecule has 1 aliphatic heterocycles. The summed E-state index contributed by atoms with van der Waals surface area (Å²) in [6.45, 7) is -0.271. The van der Waals surface area contributed by atoms with Gasteiger partial charge in [-0.3, -0.25) is 19.3 Å². The van der Waals surface area contributed by atoms with E-state index in [1.165, 1.54) is 16.4 Å². The van der Waals surface area contributed by atoms with Crippen molar-refractivity contribution in [3.8, 4) is 0 Å². The Hall–Kier alpha value is -2.27. The summed E-state index contributed by atoms with van der Waals surface area (Å²) in [7, 11) is 1.73. The van der Waals surface area contributed by atoms with Crippen molar-refractivity contribution >= 4 is 51.1 Å². The minimum atomic E-state index is -0.415. The van der Waals surface area contributed by atoms with Gasteiger partial charge < -0.3 is 5.32 Å². The zero-order valence-corrected chi connectivity index (χ0v) is 18.1. The summed E-state index contributed by atoms with van der Waals surface area (Å²) in [4.78, 5) is 39.7. The van der Waals surface area contributed by atoms with Crippen LogP contribution in [0.4, 0.5) is 5.69 Å². The number of anilines is 1. The number of halogens is 1. The van der Waals surface area contributed by atoms with Gasteiger partial charge in [-0.05, 0) is 53.2 Å². The first-order chi connectivity index (χ1) is 13.9. The summed E-state index contributed by atoms with van der Waals surface area (Å²) in [6.07, 6.45) is 3.36. The van der Waals surface area contributed by atoms with Crippen LogP contribution in [0.3, 0.4) is 0 Å². The first kappa shape index (κ1) is 20.0. The van der Waals surface area contributed by atoms with Gasteiger partial charge in [-0.25, -0.2) is 4.68 Å². The summed E-state index contributed by atoms with van der Waals surface area (Å²) in [6, 6.07) is 5.44. The van der Waals surface area contributed by atoms with Crippen LogP contribution in [0.1, 0.15) is 25.7 Å². The molecule has 1 saturated heterocycles. The molecule has 11 heteroatoms. The predicted molar refractivity (Wildman–Crippen MR) is 108 cm³/mol. The first-order valence-electron chi connectivity index (χ1n) is 9.29. The van der Waals surface area contributed by atoms with Gasteiger partial charge >= 0.3 is 0 Å². The number of imide groups is 1. The predicted octanol–water partition coefficient (Wildman–Crippen LogP) is 2.24. The number of benzene rings is 1. The standard InChI is InChI=1S/C18H19BrN6O3S/c1-24-18(21-22-23-24)29-14-7-6-10(19)8-13(14)20-15(26)9-25-16(27)11-4-2-3-5-12(11)17(25)28/h6-8,11-12H,2-5,9H2,1H3,(H,20,26). The molecule has 2 aliphatic rings. The number of hydrogen-bond acceptors (Lipinski definition) is 7. The SMILES string of the molecule is Cn1nnnc1Sc1ccc(Br)cc1NC(=O)CN1C(=O)C2CCCCC2C1=O. The fourth-order valence-electron chi connectivity index (χ4n) is 3.82. The number of carbonyl (C=O) groups excluding carboxylic acids is 3. The molecule has 2 atom stereocenters. The van der Waals surface area contributed by atoms with Crippen molar-refractivity contribution in [3.63, 3.8) is 0 Å². The molecule has 29 heavy (non-hydrogen) atoms. The van der Waals surface area contributed by atoms with Gasteiger partial charge in [0.2, 0.25) is 22.9 Å². The van der Waals surface area contributed by atoms with Gasteiger partial charge in [0.05, 0.1) is 17.5 Å². The second-order valence-electron chi connectivity index (χ2n) is 7.14. The molecule has 0 bridgehead atoms. The summed E-state index contributed by atoms with van der Waals surface area (Å²) >= 11 is 4.70. The third-order valence-electron chi connectivity index (χ3n) is 5.23. The fourth-order valence-corrected chi connectivity index (χ4v) is 4.97. The van der Waals surface area contributed by atoms with E-state index in [9.17, 15) is 14.4 Å². The summed E-state index contributed by atoms with van der Waals surface area (Å²) in [5.41, 5.74) is 0.550. The lowest BCUT2D eigenvalue weighted by molar-refractivity contribution is -0.142. The number of nitrogens with zero attached hydrogens (tertiary/aromatic N) is 5. The van der Waals surface area contributed by atoms with E-state index >= 15 is 0 Å². The molecule has 2 aromatic rings. The van der Waals surface area contributed by atoms with E-state index in [0.29, 0.717) is 10.8 Å². The Labute approximate surface area is 179 Å². The molecule has 9 nitrogen and oxygen atoms in total. The lowest BCUT2D eigenvalue weighted by Crippen LogP contribution is -2.38. The Kier molecular flexibility index (Phi) is 5.68. The van der Waals surface area contributed by atoms with Crippen molar-refractivity contribution < 1.29 is 14.4 Å². The van der Waals surface area contributed by atoms with Gasteiger partial charge in [0.25, 0.3) is 0 Å². The summed E-state index contributed by atoms with van der Waals surface area (Å²) < 4.78 is 2.31. The molecule has 2 unspecified atom stereocenters. The molecule has 2 heterocycles. The van der Waals surface area contributed by atoms with E-state index in [1.807, 2.05) is 12.1 Å². The highest BCUT2D eigenvalue weighted by Gasteiger charge is 2.48. The number of aromatic nitrogens is 4. The van der Waals surface area contributed by atoms with Gasteiger partial charge in [-0.2, -0.15) is 0 Å². The second-order valence-corrected chi connectivity index (χ2v) is 9.06. The van der Waals surface area contributed by atoms with Crippen LogP contribution in [0.25, 0.3) is 0 Å². The van der Waals surface area contributed by atoms with Gasteiger partial charge in [-0.15, -0.1) is 5.10 Å². The molecule has 0 spiro atoms. The first-order valence-corrected chi connectivity index (χ1v) is 10.9. The van der Waals surface area contributed by atoms with E-state index in [4.69, 9.17) is 0 Å². The summed E-state index contributed by atoms with van der Waals surface area (Å²) in [5, 5.41) is 14.7. The molecule has 4 rings (SSSR count). The van der Waals surface area contributed by atoms with E-state index in [-0.39, 0.29) is 30.2 Å². The molecule has 1 N–H and O–H groups in total. The number of fused-ring (bicyclic) bond motifs is 1. The zero-order valence-electron chi connectivity index (χ0n) is 15.7. The third-order valence-corrected chi connectivity index (χ3v) is 6.83. The maximum absolute atomic E-state index is 12.7. The number of likely N-dealkylation sites (tertiary alicyclic amines) is 1. The van der Waals surface area contributed by atoms with Crippen LogP contribution in [-0.4, -0.2) is 49.4 Å². The van der Waals surface area contributed by atoms with Crippen LogP contribution in [-0.2, 0) is 21.4 Å². The van der Waals surface area contributed by atoms with E-state index in [2.05, 4.69) is 36.8 Å². The normalized spacial score (nSPS) is 21.4. The molecular formula is C18H19BrN6O3S. The molecule has 2 fully saturated rings. The highest BCUT2D eigenvalue weighted by Crippen LogP contribution is 2.38. The molecule has 1 aromatic carbocycles. The molecule has 0 radical (unpaired) electrons. The minimum Gasteiger partial charge on any atom is -0.323 e. The van der Waals surface area contributed by atoms with Crippen molar-refractivity contribution in [2.75, 3.05) is 11.9 Å². The third kappa shape index (κ3) is 4.06. The van der Waals surface area contributed by atoms with Crippen LogP contribution < -0.4 is 5.32 Å². The van der Waals surface area contributed by atoms with E-state index in [0.717, 1.165) is 40.0 Å². The Morgan fingerprint density at radius 2 is 1.93 bits per heavy atom. The van der Waals surface area contributed by atoms with Crippen LogP contribution in [0.5, 0.6) is 0 Å². The molecule has 1 aromatic heterocycles. The molecular weight excluding hydrogens is 460 g/mol. The zero-order chi connectivity index (χ0) is 20.5. The largest absolute Gasteiger partial charge is 0.323 e. The highest BCUT2D eigenvalue weighted by atomic mass is 79.9. The number of tetrazole rings is 1. The van der Waals surface area contributed by atoms with Gasteiger partial charge in [-0.1, -0.05) is 28.8 Å². The number of rotatable bonds is 5. The van der Waals surface area contributed by atoms with Gasteiger partial charge in [0.1, 0.15) is 6.54 Å². The average Bonchev–Trinajstić information content (AvgIpc) is 3.21. The van der Waals surface area contributed by atoms with Crippen molar-refractivity contribution in [1.29, 1.82) is 0 Å². The molecule has 1 aliphatic carbocycles. The van der Waals surface area contributed by atoms with Crippen molar-refractivity contribution in [2.24, 2.45) is 18.9 Å². The van der Waals surface area contributed by atoms with Crippen LogP contribution in [0.15, 0.2) is 32.7 Å². The van der Waals surface area contributed by atoms with Crippen molar-refractivity contribution in [1.82, 2.24) is 25.1 Å². The molecule has 152 valence electrons. The number of aryl methyl sites for hydroxylation is 1. The molecule has 3 amide bonds. The Morgan fingerprint density at radius 3 is 2.55 bits per heavy atom. The van der Waals surface area contributed by atoms with Crippen molar-refractivity contribution in [3.05, 3.63) is 22.7 Å². The lowest BCUT2D eigenvalue weighted by atomic mass is 9.81. The Morgan fingerprint density at radius 1 is 1.24 bits per heavy atom. The topological polar surface area (TPSA) is 110 Å². The highest BCUT2D eigenvalue weighted by molar-refractivity contribution is 9.10. The van der Waals surface area contributed by atoms with Gasteiger partial charge in [0, 0.05) is 16.4 Å². The quantitative estimate of drug-likeness (QED) is 0.655. The maximum Gasteiger partial charge on any atom is 0.244 e. The number of nitrogens with one attached hydrogen (secondary N) is 1. The van der Waals surface area contributed by atoms with Gasteiger partial charge in [0.15, 0.2) is 0 Å².